The van der Waals surface area contributed by atoms with Crippen molar-refractivity contribution in [2.75, 3.05) is 45.2 Å². The molecule has 1 fully saturated rings. The number of nitrogen functional groups attached to an aromatic ring is 1. The van der Waals surface area contributed by atoms with E-state index in [-0.39, 0.29) is 6.03 Å². The summed E-state index contributed by atoms with van der Waals surface area (Å²) in [6.45, 7) is 3.37. The number of carbonyl (C=O) groups excluding carboxylic acids is 1. The van der Waals surface area contributed by atoms with E-state index in [9.17, 15) is 4.79 Å². The third-order valence-electron chi connectivity index (χ3n) is 2.80. The highest BCUT2D eigenvalue weighted by Crippen LogP contribution is 2.13. The number of urea groups is 1. The van der Waals surface area contributed by atoms with Crippen molar-refractivity contribution in [2.24, 2.45) is 0 Å². The summed E-state index contributed by atoms with van der Waals surface area (Å²) in [6, 6.07) is 7.15. The number of hydrogen-bond donors (Lipinski definition) is 2. The lowest BCUT2D eigenvalue weighted by Gasteiger charge is -2.26. The number of nitrogens with zero attached hydrogens (tertiary/aromatic N) is 1. The molecule has 1 aliphatic heterocycles. The number of carbonyl (C=O) groups is 1. The number of hydrogen-bond acceptors (Lipinski definition) is 4. The minimum absolute atomic E-state index is 0.0699. The third kappa shape index (κ3) is 4.33. The fourth-order valence-corrected chi connectivity index (χ4v) is 1.81. The zero-order valence-electron chi connectivity index (χ0n) is 10.8. The van der Waals surface area contributed by atoms with E-state index in [1.807, 2.05) is 12.1 Å². The van der Waals surface area contributed by atoms with Gasteiger partial charge in [-0.2, -0.15) is 0 Å². The molecular weight excluding hydrogens is 246 g/mol. The molecule has 0 aromatic heterocycles. The lowest BCUT2D eigenvalue weighted by molar-refractivity contribution is 0.0530. The molecule has 1 aromatic rings. The number of nitrogens with one attached hydrogen (secondary N) is 1. The molecule has 0 spiro atoms. The van der Waals surface area contributed by atoms with E-state index in [0.29, 0.717) is 50.9 Å². The molecule has 0 bridgehead atoms. The summed E-state index contributed by atoms with van der Waals surface area (Å²) in [5.41, 5.74) is 6.30. The van der Waals surface area contributed by atoms with Crippen molar-refractivity contribution >= 4 is 11.7 Å². The molecule has 6 nitrogen and oxygen atoms in total. The molecule has 1 aliphatic rings. The number of amides is 2. The predicted octanol–water partition coefficient (Wildman–Crippen LogP) is 0.689. The van der Waals surface area contributed by atoms with Gasteiger partial charge in [-0.3, -0.25) is 0 Å². The second kappa shape index (κ2) is 6.84. The molecule has 2 rings (SSSR count). The Morgan fingerprint density at radius 2 is 2.21 bits per heavy atom. The maximum atomic E-state index is 11.7. The van der Waals surface area contributed by atoms with Gasteiger partial charge in [0.2, 0.25) is 0 Å². The summed E-state index contributed by atoms with van der Waals surface area (Å²) in [4.78, 5) is 13.5. The van der Waals surface area contributed by atoms with Gasteiger partial charge in [-0.25, -0.2) is 4.79 Å². The highest BCUT2D eigenvalue weighted by Gasteiger charge is 2.15. The fourth-order valence-electron chi connectivity index (χ4n) is 1.81. The van der Waals surface area contributed by atoms with Gasteiger partial charge in [0.15, 0.2) is 0 Å². The summed E-state index contributed by atoms with van der Waals surface area (Å²) in [5.74, 6) is 0.709. The molecule has 6 heteroatoms. The summed E-state index contributed by atoms with van der Waals surface area (Å²) in [7, 11) is 0. The van der Waals surface area contributed by atoms with Crippen LogP contribution >= 0.6 is 0 Å². The van der Waals surface area contributed by atoms with Crippen molar-refractivity contribution in [3.63, 3.8) is 0 Å². The van der Waals surface area contributed by atoms with Crippen LogP contribution in [0.1, 0.15) is 0 Å². The first-order chi connectivity index (χ1) is 9.25. The van der Waals surface area contributed by atoms with Crippen LogP contribution in [0.2, 0.25) is 0 Å². The van der Waals surface area contributed by atoms with E-state index in [4.69, 9.17) is 15.2 Å². The Labute approximate surface area is 112 Å². The van der Waals surface area contributed by atoms with Gasteiger partial charge in [-0.1, -0.05) is 6.07 Å². The van der Waals surface area contributed by atoms with Crippen molar-refractivity contribution in [3.05, 3.63) is 24.3 Å². The van der Waals surface area contributed by atoms with Crippen molar-refractivity contribution in [1.29, 1.82) is 0 Å². The first kappa shape index (κ1) is 13.5. The van der Waals surface area contributed by atoms with Gasteiger partial charge in [-0.15, -0.1) is 0 Å². The lowest BCUT2D eigenvalue weighted by atomic mass is 10.3. The Bertz CT molecular complexity index is 419. The highest BCUT2D eigenvalue weighted by atomic mass is 16.5. The first-order valence-electron chi connectivity index (χ1n) is 6.34. The summed E-state index contributed by atoms with van der Waals surface area (Å²) >= 11 is 0. The molecule has 2 amide bonds. The topological polar surface area (TPSA) is 76.8 Å². The standard InChI is InChI=1S/C13H19N3O3/c14-11-2-1-3-12(10-11)19-7-4-15-13(17)16-5-8-18-9-6-16/h1-3,10H,4-9,14H2,(H,15,17). The molecule has 19 heavy (non-hydrogen) atoms. The molecule has 0 unspecified atom stereocenters. The van der Waals surface area contributed by atoms with Crippen LogP contribution in [-0.2, 0) is 4.74 Å². The Hall–Kier alpha value is -1.95. The summed E-state index contributed by atoms with van der Waals surface area (Å²) in [6.07, 6.45) is 0. The minimum atomic E-state index is -0.0699. The van der Waals surface area contributed by atoms with E-state index in [1.54, 1.807) is 17.0 Å². The van der Waals surface area contributed by atoms with Gasteiger partial charge in [0, 0.05) is 24.8 Å². The van der Waals surface area contributed by atoms with Gasteiger partial charge in [-0.05, 0) is 12.1 Å². The van der Waals surface area contributed by atoms with Crippen LogP contribution in [0.4, 0.5) is 10.5 Å². The third-order valence-corrected chi connectivity index (χ3v) is 2.80. The van der Waals surface area contributed by atoms with Crippen LogP contribution in [0.3, 0.4) is 0 Å². The summed E-state index contributed by atoms with van der Waals surface area (Å²) in [5, 5.41) is 2.81. The highest BCUT2D eigenvalue weighted by molar-refractivity contribution is 5.74. The van der Waals surface area contributed by atoms with E-state index in [2.05, 4.69) is 5.32 Å². The Morgan fingerprint density at radius 3 is 2.95 bits per heavy atom. The molecule has 0 aliphatic carbocycles. The lowest BCUT2D eigenvalue weighted by Crippen LogP contribution is -2.47. The van der Waals surface area contributed by atoms with Crippen LogP contribution < -0.4 is 15.8 Å². The van der Waals surface area contributed by atoms with E-state index >= 15 is 0 Å². The van der Waals surface area contributed by atoms with Gasteiger partial charge >= 0.3 is 6.03 Å². The number of anilines is 1. The molecule has 0 saturated carbocycles. The zero-order chi connectivity index (χ0) is 13.5. The maximum absolute atomic E-state index is 11.7. The molecular formula is C13H19N3O3. The zero-order valence-corrected chi connectivity index (χ0v) is 10.8. The number of nitrogens with two attached hydrogens (primary N) is 1. The average Bonchev–Trinajstić information content (AvgIpc) is 2.44. The second-order valence-electron chi connectivity index (χ2n) is 4.25. The van der Waals surface area contributed by atoms with Crippen molar-refractivity contribution < 1.29 is 14.3 Å². The largest absolute Gasteiger partial charge is 0.492 e. The normalized spacial score (nSPS) is 15.1. The SMILES string of the molecule is Nc1cccc(OCCNC(=O)N2CCOCC2)c1. The number of morpholine rings is 1. The molecule has 0 radical (unpaired) electrons. The Morgan fingerprint density at radius 1 is 1.42 bits per heavy atom. The van der Waals surface area contributed by atoms with E-state index in [0.717, 1.165) is 0 Å². The fraction of sp³-hybridized carbons (Fsp3) is 0.462. The number of rotatable bonds is 4. The quantitative estimate of drug-likeness (QED) is 0.620. The molecule has 104 valence electrons. The van der Waals surface area contributed by atoms with Crippen LogP contribution in [0.5, 0.6) is 5.75 Å². The van der Waals surface area contributed by atoms with Crippen LogP contribution in [0.15, 0.2) is 24.3 Å². The molecule has 1 heterocycles. The Balaban J connectivity index is 1.65. The van der Waals surface area contributed by atoms with Gasteiger partial charge in [0.05, 0.1) is 19.8 Å². The summed E-state index contributed by atoms with van der Waals surface area (Å²) < 4.78 is 10.7. The van der Waals surface area contributed by atoms with E-state index < -0.39 is 0 Å². The average molecular weight is 265 g/mol. The van der Waals surface area contributed by atoms with Gasteiger partial charge in [0.1, 0.15) is 12.4 Å². The van der Waals surface area contributed by atoms with Crippen LogP contribution in [0, 0.1) is 0 Å². The van der Waals surface area contributed by atoms with Crippen molar-refractivity contribution in [1.82, 2.24) is 10.2 Å². The predicted molar refractivity (Wildman–Crippen MR) is 72.1 cm³/mol. The minimum Gasteiger partial charge on any atom is -0.492 e. The van der Waals surface area contributed by atoms with Crippen molar-refractivity contribution in [2.45, 2.75) is 0 Å². The van der Waals surface area contributed by atoms with Crippen LogP contribution in [-0.4, -0.2) is 50.4 Å². The molecule has 1 saturated heterocycles. The number of ether oxygens (including phenoxy) is 2. The van der Waals surface area contributed by atoms with Gasteiger partial charge in [0.25, 0.3) is 0 Å². The molecule has 1 aromatic carbocycles. The molecule has 0 atom stereocenters. The molecule has 3 N–H and O–H groups in total. The smallest absolute Gasteiger partial charge is 0.317 e. The Kier molecular flexibility index (Phi) is 4.85. The first-order valence-corrected chi connectivity index (χ1v) is 6.34. The second-order valence-corrected chi connectivity index (χ2v) is 4.25. The number of benzene rings is 1. The van der Waals surface area contributed by atoms with Crippen LogP contribution in [0.25, 0.3) is 0 Å². The van der Waals surface area contributed by atoms with Gasteiger partial charge < -0.3 is 25.4 Å². The van der Waals surface area contributed by atoms with E-state index in [1.165, 1.54) is 0 Å². The van der Waals surface area contributed by atoms with Crippen molar-refractivity contribution in [3.8, 4) is 5.75 Å². The monoisotopic (exact) mass is 265 g/mol. The maximum Gasteiger partial charge on any atom is 0.317 e.